The average Bonchev–Trinajstić information content (AvgIpc) is 3.14. The molecular formula is C42H79O10P. The minimum atomic E-state index is -4.62. The van der Waals surface area contributed by atoms with Gasteiger partial charge in [0.05, 0.1) is 19.8 Å². The molecule has 0 rings (SSSR count). The molecule has 11 heteroatoms. The fourth-order valence-corrected chi connectivity index (χ4v) is 6.56. The number of rotatable bonds is 40. The summed E-state index contributed by atoms with van der Waals surface area (Å²) in [6.07, 6.45) is 37.3. The van der Waals surface area contributed by atoms with E-state index in [0.29, 0.717) is 12.8 Å². The molecule has 0 saturated heterocycles. The quantitative estimate of drug-likeness (QED) is 0.0238. The molecule has 10 nitrogen and oxygen atoms in total. The molecule has 0 heterocycles. The maximum absolute atomic E-state index is 12.6. The second-order valence-electron chi connectivity index (χ2n) is 14.4. The smallest absolute Gasteiger partial charge is 0.462 e. The highest BCUT2D eigenvalue weighted by Gasteiger charge is 2.27. The number of esters is 2. The van der Waals surface area contributed by atoms with Gasteiger partial charge in [-0.3, -0.25) is 18.6 Å². The molecule has 3 atom stereocenters. The van der Waals surface area contributed by atoms with E-state index in [4.69, 9.17) is 19.1 Å². The van der Waals surface area contributed by atoms with Gasteiger partial charge in [-0.05, 0) is 51.4 Å². The molecule has 0 bridgehead atoms. The van der Waals surface area contributed by atoms with Crippen molar-refractivity contribution in [3.8, 4) is 0 Å². The number of hydrogen-bond donors (Lipinski definition) is 3. The minimum Gasteiger partial charge on any atom is -0.462 e. The third-order valence-corrected chi connectivity index (χ3v) is 10.0. The molecular weight excluding hydrogens is 695 g/mol. The number of unbranched alkanes of at least 4 members (excludes halogenated alkanes) is 22. The first-order valence-corrected chi connectivity index (χ1v) is 22.8. The summed E-state index contributed by atoms with van der Waals surface area (Å²) in [6.45, 7) is 2.32. The summed E-state index contributed by atoms with van der Waals surface area (Å²) in [5.41, 5.74) is 0. The zero-order valence-corrected chi connectivity index (χ0v) is 34.6. The van der Waals surface area contributed by atoms with Crippen LogP contribution >= 0.6 is 7.82 Å². The maximum atomic E-state index is 12.6. The Bertz CT molecular complexity index is 941. The van der Waals surface area contributed by atoms with E-state index in [9.17, 15) is 24.2 Å². The van der Waals surface area contributed by atoms with E-state index < -0.39 is 51.8 Å². The molecule has 0 radical (unpaired) electrons. The van der Waals surface area contributed by atoms with Gasteiger partial charge in [0.25, 0.3) is 0 Å². The second kappa shape index (κ2) is 38.7. The topological polar surface area (TPSA) is 149 Å². The Morgan fingerprint density at radius 3 is 1.43 bits per heavy atom. The Kier molecular flexibility index (Phi) is 37.6. The molecule has 3 N–H and O–H groups in total. The zero-order valence-electron chi connectivity index (χ0n) is 33.7. The van der Waals surface area contributed by atoms with Crippen LogP contribution in [0.25, 0.3) is 0 Å². The lowest BCUT2D eigenvalue weighted by molar-refractivity contribution is -0.161. The highest BCUT2D eigenvalue weighted by Crippen LogP contribution is 2.43. The van der Waals surface area contributed by atoms with Gasteiger partial charge in [-0.15, -0.1) is 0 Å². The number of phosphoric ester groups is 1. The highest BCUT2D eigenvalue weighted by atomic mass is 31.2. The lowest BCUT2D eigenvalue weighted by atomic mass is 10.1. The molecule has 0 amide bonds. The lowest BCUT2D eigenvalue weighted by Crippen LogP contribution is -2.29. The highest BCUT2D eigenvalue weighted by molar-refractivity contribution is 7.47. The third-order valence-electron chi connectivity index (χ3n) is 9.09. The van der Waals surface area contributed by atoms with Crippen LogP contribution in [0.1, 0.15) is 194 Å². The number of ether oxygens (including phenoxy) is 2. The SMILES string of the molecule is CCCCCCCCCCC/C=C/CCCCC(=O)OC[C@H](COP(=O)(O)OC[C@@H](O)CO)OC(=O)CC/C=C/CCCCCCCCCCCCC. The maximum Gasteiger partial charge on any atom is 0.472 e. The van der Waals surface area contributed by atoms with Crippen LogP contribution in [0.4, 0.5) is 0 Å². The van der Waals surface area contributed by atoms with Crippen molar-refractivity contribution in [1.29, 1.82) is 0 Å². The summed E-state index contributed by atoms with van der Waals surface area (Å²) >= 11 is 0. The first kappa shape index (κ1) is 51.5. The van der Waals surface area contributed by atoms with E-state index >= 15 is 0 Å². The Balaban J connectivity index is 4.37. The van der Waals surface area contributed by atoms with E-state index in [1.54, 1.807) is 0 Å². The van der Waals surface area contributed by atoms with Crippen LogP contribution in [0.3, 0.4) is 0 Å². The first-order valence-electron chi connectivity index (χ1n) is 21.3. The van der Waals surface area contributed by atoms with Gasteiger partial charge in [0.2, 0.25) is 0 Å². The summed E-state index contributed by atoms with van der Waals surface area (Å²) in [7, 11) is -4.62. The molecule has 0 aromatic carbocycles. The number of carbonyl (C=O) groups excluding carboxylic acids is 2. The minimum absolute atomic E-state index is 0.0990. The summed E-state index contributed by atoms with van der Waals surface area (Å²) in [4.78, 5) is 34.9. The van der Waals surface area contributed by atoms with E-state index in [0.717, 1.165) is 32.1 Å². The molecule has 312 valence electrons. The molecule has 0 aromatic heterocycles. The van der Waals surface area contributed by atoms with Crippen LogP contribution < -0.4 is 0 Å². The van der Waals surface area contributed by atoms with Crippen molar-refractivity contribution in [2.24, 2.45) is 0 Å². The fraction of sp³-hybridized carbons (Fsp3) is 0.857. The lowest BCUT2D eigenvalue weighted by Gasteiger charge is -2.20. The predicted molar refractivity (Wildman–Crippen MR) is 215 cm³/mol. The van der Waals surface area contributed by atoms with Crippen LogP contribution in [0.2, 0.25) is 0 Å². The number of phosphoric acid groups is 1. The van der Waals surface area contributed by atoms with Crippen LogP contribution in [-0.4, -0.2) is 65.7 Å². The van der Waals surface area contributed by atoms with E-state index in [-0.39, 0.29) is 19.4 Å². The predicted octanol–water partition coefficient (Wildman–Crippen LogP) is 11.0. The van der Waals surface area contributed by atoms with Gasteiger partial charge < -0.3 is 24.6 Å². The molecule has 0 aliphatic rings. The van der Waals surface area contributed by atoms with Crippen LogP contribution in [0.5, 0.6) is 0 Å². The van der Waals surface area contributed by atoms with E-state index in [1.165, 1.54) is 122 Å². The van der Waals surface area contributed by atoms with Gasteiger partial charge in [-0.25, -0.2) is 4.57 Å². The second-order valence-corrected chi connectivity index (χ2v) is 15.8. The number of hydrogen-bond acceptors (Lipinski definition) is 9. The Labute approximate surface area is 323 Å². The van der Waals surface area contributed by atoms with Crippen molar-refractivity contribution in [2.45, 2.75) is 206 Å². The van der Waals surface area contributed by atoms with E-state index in [1.807, 2.05) is 6.08 Å². The van der Waals surface area contributed by atoms with Gasteiger partial charge >= 0.3 is 19.8 Å². The zero-order chi connectivity index (χ0) is 39.1. The summed E-state index contributed by atoms with van der Waals surface area (Å²) in [6, 6.07) is 0. The van der Waals surface area contributed by atoms with Gasteiger partial charge in [0, 0.05) is 12.8 Å². The number of aliphatic hydroxyl groups excluding tert-OH is 2. The van der Waals surface area contributed by atoms with Crippen molar-refractivity contribution in [3.63, 3.8) is 0 Å². The van der Waals surface area contributed by atoms with Gasteiger partial charge in [0.1, 0.15) is 12.7 Å². The van der Waals surface area contributed by atoms with Gasteiger partial charge in [-0.2, -0.15) is 0 Å². The number of carbonyl (C=O) groups is 2. The average molecular weight is 775 g/mol. The molecule has 1 unspecified atom stereocenters. The molecule has 0 fully saturated rings. The van der Waals surface area contributed by atoms with Crippen molar-refractivity contribution >= 4 is 19.8 Å². The largest absolute Gasteiger partial charge is 0.472 e. The fourth-order valence-electron chi connectivity index (χ4n) is 5.77. The monoisotopic (exact) mass is 775 g/mol. The standard InChI is InChI=1S/C42H79O10P/c1-3-5-7-9-11-13-15-17-19-21-23-25-27-29-31-33-41(45)49-37-40(38-51-53(47,48)50-36-39(44)35-43)52-42(46)34-32-30-28-26-24-22-20-18-16-14-12-10-8-6-4-2/h23,25,28,30,39-40,43-44H,3-22,24,26-27,29,31-38H2,1-2H3,(H,47,48)/b25-23+,30-28+/t39-,40+/m0/s1. The van der Waals surface area contributed by atoms with Gasteiger partial charge in [-0.1, -0.05) is 154 Å². The van der Waals surface area contributed by atoms with Crippen LogP contribution in [0, 0.1) is 0 Å². The number of aliphatic hydroxyl groups is 2. The third kappa shape index (κ3) is 38.5. The molecule has 0 aliphatic heterocycles. The van der Waals surface area contributed by atoms with Crippen molar-refractivity contribution < 1.29 is 47.8 Å². The van der Waals surface area contributed by atoms with Crippen molar-refractivity contribution in [2.75, 3.05) is 26.4 Å². The van der Waals surface area contributed by atoms with Crippen molar-refractivity contribution in [1.82, 2.24) is 0 Å². The molecule has 0 aromatic rings. The summed E-state index contributed by atoms with van der Waals surface area (Å²) < 4.78 is 32.6. The van der Waals surface area contributed by atoms with E-state index in [2.05, 4.69) is 36.6 Å². The summed E-state index contributed by atoms with van der Waals surface area (Å²) in [5, 5.41) is 18.3. The summed E-state index contributed by atoms with van der Waals surface area (Å²) in [5.74, 6) is -1.00. The number of allylic oxidation sites excluding steroid dienone is 4. The molecule has 0 spiro atoms. The van der Waals surface area contributed by atoms with Crippen molar-refractivity contribution in [3.05, 3.63) is 24.3 Å². The first-order chi connectivity index (χ1) is 25.7. The Morgan fingerprint density at radius 1 is 0.547 bits per heavy atom. The molecule has 0 saturated carbocycles. The van der Waals surface area contributed by atoms with Gasteiger partial charge in [0.15, 0.2) is 6.10 Å². The Morgan fingerprint density at radius 2 is 0.962 bits per heavy atom. The van der Waals surface area contributed by atoms with Crippen LogP contribution in [-0.2, 0) is 32.7 Å². The van der Waals surface area contributed by atoms with Crippen LogP contribution in [0.15, 0.2) is 24.3 Å². The Hall–Kier alpha value is -1.55. The molecule has 0 aliphatic carbocycles. The normalized spacial score (nSPS) is 14.1. The molecule has 53 heavy (non-hydrogen) atoms.